The molecule has 1 N–H and O–H groups in total. The third-order valence-electron chi connectivity index (χ3n) is 2.35. The Labute approximate surface area is 93.9 Å². The molecular formula is C11H16N2O3. The minimum Gasteiger partial charge on any atom is -0.503 e. The summed E-state index contributed by atoms with van der Waals surface area (Å²) in [6.07, 6.45) is 1.31. The van der Waals surface area contributed by atoms with Crippen molar-refractivity contribution in [1.82, 2.24) is 9.47 Å². The smallest absolute Gasteiger partial charge is 0.270 e. The molecule has 0 fully saturated rings. The summed E-state index contributed by atoms with van der Waals surface area (Å²) >= 11 is 0. The van der Waals surface area contributed by atoms with Crippen molar-refractivity contribution in [2.75, 3.05) is 13.6 Å². The van der Waals surface area contributed by atoms with Crippen LogP contribution >= 0.6 is 0 Å². The zero-order valence-corrected chi connectivity index (χ0v) is 9.73. The largest absolute Gasteiger partial charge is 0.503 e. The van der Waals surface area contributed by atoms with Gasteiger partial charge in [-0.15, -0.1) is 0 Å². The fourth-order valence-corrected chi connectivity index (χ4v) is 1.49. The van der Waals surface area contributed by atoms with Crippen molar-refractivity contribution in [2.24, 2.45) is 0 Å². The summed E-state index contributed by atoms with van der Waals surface area (Å²) in [5.74, 6) is -0.501. The van der Waals surface area contributed by atoms with Gasteiger partial charge < -0.3 is 14.6 Å². The number of pyridine rings is 1. The summed E-state index contributed by atoms with van der Waals surface area (Å²) in [5, 5.41) is 9.17. The SMILES string of the molecule is CC.CN1CCn2cc(O)c(=O)cc2C1=O. The highest BCUT2D eigenvalue weighted by molar-refractivity contribution is 5.93. The lowest BCUT2D eigenvalue weighted by Gasteiger charge is -2.26. The van der Waals surface area contributed by atoms with Gasteiger partial charge in [0.15, 0.2) is 5.75 Å². The molecule has 5 heteroatoms. The van der Waals surface area contributed by atoms with E-state index >= 15 is 0 Å². The fourth-order valence-electron chi connectivity index (χ4n) is 1.49. The van der Waals surface area contributed by atoms with E-state index in [4.69, 9.17) is 5.11 Å². The Hall–Kier alpha value is -1.78. The van der Waals surface area contributed by atoms with E-state index in [2.05, 4.69) is 0 Å². The minimum absolute atomic E-state index is 0.187. The van der Waals surface area contributed by atoms with E-state index in [9.17, 15) is 9.59 Å². The Bertz CT molecular complexity index is 451. The number of likely N-dealkylation sites (N-methyl/N-ethyl adjacent to an activating group) is 1. The van der Waals surface area contributed by atoms with Crippen molar-refractivity contribution < 1.29 is 9.90 Å². The maximum atomic E-state index is 11.6. The molecule has 0 aliphatic carbocycles. The number of aromatic hydroxyl groups is 1. The van der Waals surface area contributed by atoms with Gasteiger partial charge in [0.05, 0.1) is 6.20 Å². The van der Waals surface area contributed by atoms with Crippen molar-refractivity contribution in [1.29, 1.82) is 0 Å². The van der Waals surface area contributed by atoms with Crippen LogP contribution in [-0.4, -0.2) is 34.1 Å². The summed E-state index contributed by atoms with van der Waals surface area (Å²) in [6, 6.07) is 1.17. The summed E-state index contributed by atoms with van der Waals surface area (Å²) in [7, 11) is 1.68. The molecule has 0 radical (unpaired) electrons. The van der Waals surface area contributed by atoms with Crippen LogP contribution < -0.4 is 5.43 Å². The zero-order valence-electron chi connectivity index (χ0n) is 9.73. The molecule has 0 aromatic carbocycles. The Balaban J connectivity index is 0.000000606. The monoisotopic (exact) mass is 224 g/mol. The molecule has 5 nitrogen and oxygen atoms in total. The first-order valence-corrected chi connectivity index (χ1v) is 5.28. The first kappa shape index (κ1) is 12.3. The molecule has 2 heterocycles. The molecule has 0 bridgehead atoms. The van der Waals surface area contributed by atoms with Crippen molar-refractivity contribution in [3.63, 3.8) is 0 Å². The van der Waals surface area contributed by atoms with Crippen LogP contribution in [-0.2, 0) is 6.54 Å². The third-order valence-corrected chi connectivity index (χ3v) is 2.35. The van der Waals surface area contributed by atoms with E-state index in [1.165, 1.54) is 12.3 Å². The standard InChI is InChI=1S/C9H10N2O3.C2H6/c1-10-2-3-11-5-8(13)7(12)4-6(11)9(10)14;1-2/h4-5,13H,2-3H2,1H3;1-2H3. The average Bonchev–Trinajstić information content (AvgIpc) is 2.30. The second-order valence-electron chi connectivity index (χ2n) is 3.33. The van der Waals surface area contributed by atoms with Gasteiger partial charge in [-0.1, -0.05) is 13.8 Å². The Morgan fingerprint density at radius 1 is 1.25 bits per heavy atom. The number of carbonyl (C=O) groups excluding carboxylic acids is 1. The number of fused-ring (bicyclic) bond motifs is 1. The van der Waals surface area contributed by atoms with Gasteiger partial charge in [-0.05, 0) is 0 Å². The molecule has 16 heavy (non-hydrogen) atoms. The van der Waals surface area contributed by atoms with Gasteiger partial charge >= 0.3 is 0 Å². The third kappa shape index (κ3) is 2.08. The summed E-state index contributed by atoms with van der Waals surface area (Å²) < 4.78 is 1.60. The lowest BCUT2D eigenvalue weighted by molar-refractivity contribution is 0.0746. The van der Waals surface area contributed by atoms with Gasteiger partial charge in [-0.25, -0.2) is 0 Å². The molecule has 0 spiro atoms. The fraction of sp³-hybridized carbons (Fsp3) is 0.455. The van der Waals surface area contributed by atoms with Crippen molar-refractivity contribution >= 4 is 5.91 Å². The molecule has 2 rings (SSSR count). The highest BCUT2D eigenvalue weighted by atomic mass is 16.3. The lowest BCUT2D eigenvalue weighted by atomic mass is 10.2. The average molecular weight is 224 g/mol. The van der Waals surface area contributed by atoms with Crippen molar-refractivity contribution in [3.8, 4) is 5.75 Å². The number of aromatic nitrogens is 1. The van der Waals surface area contributed by atoms with E-state index < -0.39 is 5.43 Å². The normalized spacial score (nSPS) is 13.9. The van der Waals surface area contributed by atoms with Crippen LogP contribution in [0, 0.1) is 0 Å². The topological polar surface area (TPSA) is 62.5 Å². The molecule has 0 unspecified atom stereocenters. The van der Waals surface area contributed by atoms with Crippen LogP contribution in [0.25, 0.3) is 0 Å². The van der Waals surface area contributed by atoms with Crippen LogP contribution in [0.2, 0.25) is 0 Å². The first-order valence-electron chi connectivity index (χ1n) is 5.28. The van der Waals surface area contributed by atoms with Crippen LogP contribution in [0.5, 0.6) is 5.75 Å². The van der Waals surface area contributed by atoms with Crippen LogP contribution in [0.1, 0.15) is 24.3 Å². The molecule has 88 valence electrons. The van der Waals surface area contributed by atoms with Gasteiger partial charge in [-0.2, -0.15) is 0 Å². The minimum atomic E-state index is -0.514. The quantitative estimate of drug-likeness (QED) is 0.704. The van der Waals surface area contributed by atoms with Gasteiger partial charge in [0.1, 0.15) is 5.69 Å². The number of amides is 1. The van der Waals surface area contributed by atoms with Crippen molar-refractivity contribution in [3.05, 3.63) is 28.2 Å². The van der Waals surface area contributed by atoms with E-state index in [-0.39, 0.29) is 11.7 Å². The molecule has 1 aliphatic heterocycles. The predicted molar refractivity (Wildman–Crippen MR) is 60.7 cm³/mol. The first-order chi connectivity index (χ1) is 7.59. The number of carbonyl (C=O) groups is 1. The number of hydrogen-bond acceptors (Lipinski definition) is 3. The highest BCUT2D eigenvalue weighted by Gasteiger charge is 2.21. The number of rotatable bonds is 0. The van der Waals surface area contributed by atoms with E-state index in [1.807, 2.05) is 13.8 Å². The maximum Gasteiger partial charge on any atom is 0.270 e. The van der Waals surface area contributed by atoms with Crippen molar-refractivity contribution in [2.45, 2.75) is 20.4 Å². The summed E-state index contributed by atoms with van der Waals surface area (Å²) in [6.45, 7) is 5.19. The Kier molecular flexibility index (Phi) is 3.71. The lowest BCUT2D eigenvalue weighted by Crippen LogP contribution is -2.38. The highest BCUT2D eigenvalue weighted by Crippen LogP contribution is 2.11. The second kappa shape index (κ2) is 4.83. The maximum absolute atomic E-state index is 11.6. The zero-order chi connectivity index (χ0) is 12.3. The Morgan fingerprint density at radius 3 is 2.50 bits per heavy atom. The number of hydrogen-bond donors (Lipinski definition) is 1. The van der Waals surface area contributed by atoms with Gasteiger partial charge in [-0.3, -0.25) is 9.59 Å². The molecule has 1 aliphatic rings. The molecule has 0 saturated heterocycles. The predicted octanol–water partition coefficient (Wildman–Crippen LogP) is 0.666. The molecule has 0 saturated carbocycles. The molecule has 1 amide bonds. The molecule has 1 aromatic rings. The summed E-state index contributed by atoms with van der Waals surface area (Å²) in [5.41, 5.74) is -0.179. The summed E-state index contributed by atoms with van der Waals surface area (Å²) in [4.78, 5) is 24.2. The van der Waals surface area contributed by atoms with Gasteiger partial charge in [0, 0.05) is 26.2 Å². The number of nitrogens with zero attached hydrogens (tertiary/aromatic N) is 2. The van der Waals surface area contributed by atoms with E-state index in [0.717, 1.165) is 0 Å². The van der Waals surface area contributed by atoms with Gasteiger partial charge in [0.2, 0.25) is 5.43 Å². The second-order valence-corrected chi connectivity index (χ2v) is 3.33. The van der Waals surface area contributed by atoms with E-state index in [1.54, 1.807) is 16.5 Å². The van der Waals surface area contributed by atoms with Crippen LogP contribution in [0.3, 0.4) is 0 Å². The molecule has 1 aromatic heterocycles. The molecule has 0 atom stereocenters. The van der Waals surface area contributed by atoms with Crippen LogP contribution in [0.15, 0.2) is 17.1 Å². The molecular weight excluding hydrogens is 208 g/mol. The van der Waals surface area contributed by atoms with Gasteiger partial charge in [0.25, 0.3) is 5.91 Å². The van der Waals surface area contributed by atoms with Crippen LogP contribution in [0.4, 0.5) is 0 Å². The van der Waals surface area contributed by atoms with E-state index in [0.29, 0.717) is 18.8 Å². The Morgan fingerprint density at radius 2 is 1.88 bits per heavy atom.